The van der Waals surface area contributed by atoms with Crippen LogP contribution in [0.25, 0.3) is 0 Å². The van der Waals surface area contributed by atoms with Crippen molar-refractivity contribution in [3.05, 3.63) is 22.8 Å². The van der Waals surface area contributed by atoms with Gasteiger partial charge in [0.25, 0.3) is 5.91 Å². The zero-order valence-corrected chi connectivity index (χ0v) is 11.8. The summed E-state index contributed by atoms with van der Waals surface area (Å²) >= 11 is 5.90. The van der Waals surface area contributed by atoms with Gasteiger partial charge in [-0.25, -0.2) is 4.98 Å². The zero-order valence-electron chi connectivity index (χ0n) is 11.1. The third-order valence-electron chi connectivity index (χ3n) is 2.22. The fourth-order valence-electron chi connectivity index (χ4n) is 1.38. The van der Waals surface area contributed by atoms with Crippen LogP contribution in [0, 0.1) is 0 Å². The summed E-state index contributed by atoms with van der Waals surface area (Å²) in [5, 5.41) is 8.23. The van der Waals surface area contributed by atoms with Crippen LogP contribution < -0.4 is 16.0 Å². The molecule has 1 heterocycles. The lowest BCUT2D eigenvalue weighted by molar-refractivity contribution is -0.120. The van der Waals surface area contributed by atoms with Gasteiger partial charge < -0.3 is 16.0 Å². The van der Waals surface area contributed by atoms with Crippen molar-refractivity contribution in [3.8, 4) is 0 Å². The second-order valence-electron chi connectivity index (χ2n) is 4.20. The van der Waals surface area contributed by atoms with Crippen molar-refractivity contribution in [2.75, 3.05) is 18.9 Å². The summed E-state index contributed by atoms with van der Waals surface area (Å²) in [7, 11) is 1.69. The van der Waals surface area contributed by atoms with Crippen LogP contribution in [-0.4, -0.2) is 36.4 Å². The highest BCUT2D eigenvalue weighted by atomic mass is 35.5. The lowest BCUT2D eigenvalue weighted by Crippen LogP contribution is -2.39. The molecule has 2 amide bonds. The van der Waals surface area contributed by atoms with E-state index in [1.54, 1.807) is 7.05 Å². The van der Waals surface area contributed by atoms with Crippen molar-refractivity contribution in [1.82, 2.24) is 15.6 Å². The maximum absolute atomic E-state index is 11.9. The molecule has 7 heteroatoms. The van der Waals surface area contributed by atoms with E-state index in [-0.39, 0.29) is 29.1 Å². The molecule has 3 N–H and O–H groups in total. The molecule has 0 aliphatic carbocycles. The number of carbonyl (C=O) groups is 2. The Kier molecular flexibility index (Phi) is 5.57. The van der Waals surface area contributed by atoms with Gasteiger partial charge in [-0.3, -0.25) is 9.59 Å². The second-order valence-corrected chi connectivity index (χ2v) is 4.61. The number of hydrogen-bond donors (Lipinski definition) is 3. The predicted molar refractivity (Wildman–Crippen MR) is 74.4 cm³/mol. The molecule has 1 aromatic rings. The number of amides is 2. The molecule has 104 valence electrons. The van der Waals surface area contributed by atoms with E-state index in [1.807, 2.05) is 13.8 Å². The van der Waals surface area contributed by atoms with Gasteiger partial charge in [-0.2, -0.15) is 0 Å². The standard InChI is InChI=1S/C12H17ClN4O2/c1-7(2)17-11(18)6-16-12(19)8-4-10(14-3)15-5-9(8)13/h4-5,7H,6H2,1-3H3,(H,14,15)(H,16,19)(H,17,18). The minimum absolute atomic E-state index is 0.0322. The molecule has 0 spiro atoms. The Morgan fingerprint density at radius 1 is 1.42 bits per heavy atom. The number of aromatic nitrogens is 1. The molecule has 19 heavy (non-hydrogen) atoms. The lowest BCUT2D eigenvalue weighted by Gasteiger charge is -2.10. The highest BCUT2D eigenvalue weighted by Crippen LogP contribution is 2.17. The van der Waals surface area contributed by atoms with Crippen molar-refractivity contribution in [2.45, 2.75) is 19.9 Å². The van der Waals surface area contributed by atoms with Crippen LogP contribution in [-0.2, 0) is 4.79 Å². The van der Waals surface area contributed by atoms with Crippen LogP contribution in [0.4, 0.5) is 5.82 Å². The summed E-state index contributed by atoms with van der Waals surface area (Å²) in [6, 6.07) is 1.56. The van der Waals surface area contributed by atoms with Crippen molar-refractivity contribution < 1.29 is 9.59 Å². The van der Waals surface area contributed by atoms with Crippen LogP contribution in [0.1, 0.15) is 24.2 Å². The molecule has 6 nitrogen and oxygen atoms in total. The van der Waals surface area contributed by atoms with E-state index in [9.17, 15) is 9.59 Å². The highest BCUT2D eigenvalue weighted by molar-refractivity contribution is 6.33. The molecule has 0 aliphatic heterocycles. The first-order valence-electron chi connectivity index (χ1n) is 5.85. The van der Waals surface area contributed by atoms with E-state index >= 15 is 0 Å². The van der Waals surface area contributed by atoms with Crippen LogP contribution in [0.5, 0.6) is 0 Å². The summed E-state index contributed by atoms with van der Waals surface area (Å²) in [6.45, 7) is 3.60. The van der Waals surface area contributed by atoms with Crippen molar-refractivity contribution in [1.29, 1.82) is 0 Å². The summed E-state index contributed by atoms with van der Waals surface area (Å²) in [6.07, 6.45) is 1.39. The number of pyridine rings is 1. The summed E-state index contributed by atoms with van der Waals surface area (Å²) in [4.78, 5) is 27.3. The minimum Gasteiger partial charge on any atom is -0.373 e. The molecule has 0 bridgehead atoms. The Morgan fingerprint density at radius 2 is 2.11 bits per heavy atom. The number of nitrogens with zero attached hydrogens (tertiary/aromatic N) is 1. The fourth-order valence-corrected chi connectivity index (χ4v) is 1.57. The quantitative estimate of drug-likeness (QED) is 0.754. The Morgan fingerprint density at radius 3 is 2.68 bits per heavy atom. The Labute approximate surface area is 116 Å². The number of anilines is 1. The van der Waals surface area contributed by atoms with Crippen molar-refractivity contribution in [3.63, 3.8) is 0 Å². The van der Waals surface area contributed by atoms with Crippen LogP contribution in [0.3, 0.4) is 0 Å². The molecule has 0 saturated carbocycles. The van der Waals surface area contributed by atoms with Gasteiger partial charge in [0.05, 0.1) is 17.1 Å². The number of carbonyl (C=O) groups excluding carboxylic acids is 2. The molecule has 0 atom stereocenters. The Hall–Kier alpha value is -1.82. The SMILES string of the molecule is CNc1cc(C(=O)NCC(=O)NC(C)C)c(Cl)cn1. The fraction of sp³-hybridized carbons (Fsp3) is 0.417. The second kappa shape index (κ2) is 6.94. The molecule has 0 aliphatic rings. The third kappa shape index (κ3) is 4.75. The molecule has 0 aromatic carbocycles. The van der Waals surface area contributed by atoms with Gasteiger partial charge in [0.2, 0.25) is 5.91 Å². The van der Waals surface area contributed by atoms with Crippen molar-refractivity contribution in [2.24, 2.45) is 0 Å². The summed E-state index contributed by atoms with van der Waals surface area (Å²) in [5.41, 5.74) is 0.276. The first kappa shape index (κ1) is 15.2. The van der Waals surface area contributed by atoms with E-state index in [1.165, 1.54) is 12.3 Å². The highest BCUT2D eigenvalue weighted by Gasteiger charge is 2.13. The molecular formula is C12H17ClN4O2. The average molecular weight is 285 g/mol. The number of nitrogens with one attached hydrogen (secondary N) is 3. The predicted octanol–water partition coefficient (Wildman–Crippen LogP) is 1.03. The smallest absolute Gasteiger partial charge is 0.253 e. The zero-order chi connectivity index (χ0) is 14.4. The van der Waals surface area contributed by atoms with Gasteiger partial charge in [-0.1, -0.05) is 11.6 Å². The number of rotatable bonds is 5. The Balaban J connectivity index is 2.65. The summed E-state index contributed by atoms with van der Waals surface area (Å²) < 4.78 is 0. The Bertz CT molecular complexity index is 477. The van der Waals surface area contributed by atoms with Gasteiger partial charge >= 0.3 is 0 Å². The van der Waals surface area contributed by atoms with Gasteiger partial charge in [-0.15, -0.1) is 0 Å². The van der Waals surface area contributed by atoms with Gasteiger partial charge in [0.1, 0.15) is 5.82 Å². The van der Waals surface area contributed by atoms with E-state index in [0.29, 0.717) is 5.82 Å². The normalized spacial score (nSPS) is 10.2. The molecule has 0 saturated heterocycles. The van der Waals surface area contributed by atoms with E-state index < -0.39 is 5.91 Å². The molecule has 0 fully saturated rings. The van der Waals surface area contributed by atoms with Crippen LogP contribution in [0.2, 0.25) is 5.02 Å². The third-order valence-corrected chi connectivity index (χ3v) is 2.52. The molecule has 1 aromatic heterocycles. The largest absolute Gasteiger partial charge is 0.373 e. The van der Waals surface area contributed by atoms with Gasteiger partial charge in [0.15, 0.2) is 0 Å². The number of hydrogen-bond acceptors (Lipinski definition) is 4. The minimum atomic E-state index is -0.414. The van der Waals surface area contributed by atoms with Crippen molar-refractivity contribution >= 4 is 29.2 Å². The monoisotopic (exact) mass is 284 g/mol. The first-order valence-corrected chi connectivity index (χ1v) is 6.22. The van der Waals surface area contributed by atoms with Crippen LogP contribution in [0.15, 0.2) is 12.3 Å². The van der Waals surface area contributed by atoms with Gasteiger partial charge in [0, 0.05) is 19.3 Å². The molecular weight excluding hydrogens is 268 g/mol. The molecule has 0 unspecified atom stereocenters. The molecule has 0 radical (unpaired) electrons. The molecule has 1 rings (SSSR count). The maximum Gasteiger partial charge on any atom is 0.253 e. The van der Waals surface area contributed by atoms with Gasteiger partial charge in [-0.05, 0) is 19.9 Å². The van der Waals surface area contributed by atoms with E-state index in [4.69, 9.17) is 11.6 Å². The first-order chi connectivity index (χ1) is 8.93. The maximum atomic E-state index is 11.9. The topological polar surface area (TPSA) is 83.1 Å². The average Bonchev–Trinajstić information content (AvgIpc) is 2.35. The van der Waals surface area contributed by atoms with E-state index in [2.05, 4.69) is 20.9 Å². The lowest BCUT2D eigenvalue weighted by atomic mass is 10.2. The summed E-state index contributed by atoms with van der Waals surface area (Å²) in [5.74, 6) is -0.133. The number of halogens is 1. The van der Waals surface area contributed by atoms with Crippen LogP contribution >= 0.6 is 11.6 Å². The van der Waals surface area contributed by atoms with E-state index in [0.717, 1.165) is 0 Å².